The zero-order chi connectivity index (χ0) is 16.7. The van der Waals surface area contributed by atoms with Gasteiger partial charge in [-0.15, -0.1) is 0 Å². The molecule has 5 heteroatoms. The van der Waals surface area contributed by atoms with Gasteiger partial charge in [-0.05, 0) is 31.6 Å². The van der Waals surface area contributed by atoms with Gasteiger partial charge in [0.1, 0.15) is 17.4 Å². The molecule has 1 rings (SSSR count). The SMILES string of the molecule is CCC(C)C(=O)c1ccc(OCCN(CC)CC)c(Cl)c1Cl. The molecule has 0 aromatic heterocycles. The molecule has 0 N–H and O–H groups in total. The van der Waals surface area contributed by atoms with Crippen molar-refractivity contribution in [2.45, 2.75) is 34.1 Å². The van der Waals surface area contributed by atoms with Gasteiger partial charge < -0.3 is 9.64 Å². The minimum atomic E-state index is -0.0667. The Morgan fingerprint density at radius 3 is 2.36 bits per heavy atom. The lowest BCUT2D eigenvalue weighted by molar-refractivity contribution is 0.0927. The van der Waals surface area contributed by atoms with Crippen LogP contribution in [0.5, 0.6) is 5.75 Å². The Labute approximate surface area is 143 Å². The second-order valence-electron chi connectivity index (χ2n) is 5.29. The Morgan fingerprint density at radius 1 is 1.18 bits per heavy atom. The van der Waals surface area contributed by atoms with Crippen molar-refractivity contribution < 1.29 is 9.53 Å². The van der Waals surface area contributed by atoms with Gasteiger partial charge in [0.2, 0.25) is 0 Å². The summed E-state index contributed by atoms with van der Waals surface area (Å²) in [5.41, 5.74) is 0.470. The molecule has 1 unspecified atom stereocenters. The molecule has 0 aliphatic carbocycles. The Hall–Kier alpha value is -0.770. The zero-order valence-corrected chi connectivity index (χ0v) is 15.3. The van der Waals surface area contributed by atoms with E-state index in [9.17, 15) is 4.79 Å². The van der Waals surface area contributed by atoms with E-state index in [1.807, 2.05) is 13.8 Å². The summed E-state index contributed by atoms with van der Waals surface area (Å²) in [6, 6.07) is 3.43. The first-order chi connectivity index (χ1) is 10.5. The van der Waals surface area contributed by atoms with E-state index in [1.54, 1.807) is 12.1 Å². The Kier molecular flexibility index (Phi) is 8.23. The summed E-state index contributed by atoms with van der Waals surface area (Å²) >= 11 is 12.5. The van der Waals surface area contributed by atoms with Crippen molar-refractivity contribution in [2.75, 3.05) is 26.2 Å². The van der Waals surface area contributed by atoms with Crippen molar-refractivity contribution in [3.8, 4) is 5.75 Å². The van der Waals surface area contributed by atoms with Crippen LogP contribution in [0.2, 0.25) is 10.0 Å². The largest absolute Gasteiger partial charge is 0.491 e. The van der Waals surface area contributed by atoms with Gasteiger partial charge in [-0.2, -0.15) is 0 Å². The topological polar surface area (TPSA) is 29.5 Å². The molecule has 124 valence electrons. The fourth-order valence-corrected chi connectivity index (χ4v) is 2.58. The summed E-state index contributed by atoms with van der Waals surface area (Å²) in [5.74, 6) is 0.478. The second kappa shape index (κ2) is 9.39. The Balaban J connectivity index is 2.80. The Bertz CT molecular complexity index is 502. The van der Waals surface area contributed by atoms with Gasteiger partial charge in [-0.1, -0.05) is 50.9 Å². The maximum atomic E-state index is 12.3. The van der Waals surface area contributed by atoms with E-state index >= 15 is 0 Å². The molecular weight excluding hydrogens is 321 g/mol. The predicted molar refractivity (Wildman–Crippen MR) is 93.5 cm³/mol. The third kappa shape index (κ3) is 4.87. The maximum Gasteiger partial charge on any atom is 0.167 e. The predicted octanol–water partition coefficient (Wildman–Crippen LogP) is 4.94. The fraction of sp³-hybridized carbons (Fsp3) is 0.588. The molecule has 0 aliphatic heterocycles. The monoisotopic (exact) mass is 345 g/mol. The molecule has 3 nitrogen and oxygen atoms in total. The molecule has 0 aliphatic rings. The first kappa shape index (κ1) is 19.3. The van der Waals surface area contributed by atoms with Crippen LogP contribution in [0, 0.1) is 5.92 Å². The highest BCUT2D eigenvalue weighted by molar-refractivity contribution is 6.44. The van der Waals surface area contributed by atoms with Crippen LogP contribution in [0.1, 0.15) is 44.5 Å². The van der Waals surface area contributed by atoms with E-state index in [4.69, 9.17) is 27.9 Å². The summed E-state index contributed by atoms with van der Waals surface area (Å²) in [6.07, 6.45) is 0.773. The molecule has 0 amide bonds. The normalized spacial score (nSPS) is 12.5. The summed E-state index contributed by atoms with van der Waals surface area (Å²) in [6.45, 7) is 11.4. The number of Topliss-reactive ketones (excluding diaryl/α,β-unsaturated/α-hetero) is 1. The third-order valence-electron chi connectivity index (χ3n) is 3.93. The standard InChI is InChI=1S/C17H25Cl2NO2/c1-5-12(4)17(21)13-8-9-14(16(19)15(13)18)22-11-10-20(6-2)7-3/h8-9,12H,5-7,10-11H2,1-4H3. The van der Waals surface area contributed by atoms with Crippen LogP contribution >= 0.6 is 23.2 Å². The molecule has 0 saturated carbocycles. The first-order valence-corrected chi connectivity index (χ1v) is 8.59. The minimum Gasteiger partial charge on any atom is -0.491 e. The number of ketones is 1. The van der Waals surface area contributed by atoms with Crippen LogP contribution < -0.4 is 4.74 Å². The molecule has 22 heavy (non-hydrogen) atoms. The van der Waals surface area contributed by atoms with E-state index in [0.29, 0.717) is 22.9 Å². The summed E-state index contributed by atoms with van der Waals surface area (Å²) < 4.78 is 5.70. The number of nitrogens with zero attached hydrogens (tertiary/aromatic N) is 1. The van der Waals surface area contributed by atoms with Crippen molar-refractivity contribution in [1.29, 1.82) is 0 Å². The van der Waals surface area contributed by atoms with Gasteiger partial charge in [-0.25, -0.2) is 0 Å². The van der Waals surface area contributed by atoms with Crippen LogP contribution in [0.15, 0.2) is 12.1 Å². The van der Waals surface area contributed by atoms with E-state index in [-0.39, 0.29) is 16.7 Å². The van der Waals surface area contributed by atoms with Gasteiger partial charge in [-0.3, -0.25) is 4.79 Å². The van der Waals surface area contributed by atoms with E-state index in [1.165, 1.54) is 0 Å². The van der Waals surface area contributed by atoms with Crippen LogP contribution in [0.4, 0.5) is 0 Å². The molecule has 0 fully saturated rings. The van der Waals surface area contributed by atoms with Crippen molar-refractivity contribution in [3.63, 3.8) is 0 Å². The smallest absolute Gasteiger partial charge is 0.167 e. The van der Waals surface area contributed by atoms with Gasteiger partial charge in [0, 0.05) is 18.0 Å². The number of hydrogen-bond donors (Lipinski definition) is 0. The Morgan fingerprint density at radius 2 is 1.82 bits per heavy atom. The quantitative estimate of drug-likeness (QED) is 0.593. The van der Waals surface area contributed by atoms with Crippen LogP contribution in [-0.2, 0) is 0 Å². The number of carbonyl (C=O) groups excluding carboxylic acids is 1. The van der Waals surface area contributed by atoms with Crippen LogP contribution in [0.3, 0.4) is 0 Å². The maximum absolute atomic E-state index is 12.3. The molecule has 0 spiro atoms. The molecule has 0 radical (unpaired) electrons. The molecule has 1 aromatic rings. The molecule has 0 saturated heterocycles. The van der Waals surface area contributed by atoms with Gasteiger partial charge >= 0.3 is 0 Å². The summed E-state index contributed by atoms with van der Waals surface area (Å²) in [4.78, 5) is 14.5. The second-order valence-corrected chi connectivity index (χ2v) is 6.04. The van der Waals surface area contributed by atoms with Crippen LogP contribution in [0.25, 0.3) is 0 Å². The first-order valence-electron chi connectivity index (χ1n) is 7.83. The van der Waals surface area contributed by atoms with Crippen molar-refractivity contribution >= 4 is 29.0 Å². The highest BCUT2D eigenvalue weighted by Gasteiger charge is 2.20. The van der Waals surface area contributed by atoms with E-state index in [2.05, 4.69) is 18.7 Å². The molecule has 0 heterocycles. The average Bonchev–Trinajstić information content (AvgIpc) is 2.54. The van der Waals surface area contributed by atoms with Gasteiger partial charge in [0.15, 0.2) is 5.78 Å². The average molecular weight is 346 g/mol. The van der Waals surface area contributed by atoms with Gasteiger partial charge in [0.25, 0.3) is 0 Å². The number of halogens is 2. The summed E-state index contributed by atoms with van der Waals surface area (Å²) in [7, 11) is 0. The number of likely N-dealkylation sites (N-methyl/N-ethyl adjacent to an activating group) is 1. The number of carbonyl (C=O) groups is 1. The van der Waals surface area contributed by atoms with E-state index in [0.717, 1.165) is 26.1 Å². The highest BCUT2D eigenvalue weighted by Crippen LogP contribution is 2.35. The van der Waals surface area contributed by atoms with E-state index < -0.39 is 0 Å². The summed E-state index contributed by atoms with van der Waals surface area (Å²) in [5, 5.41) is 0.600. The molecule has 0 bridgehead atoms. The van der Waals surface area contributed by atoms with Crippen molar-refractivity contribution in [2.24, 2.45) is 5.92 Å². The number of benzene rings is 1. The number of ether oxygens (including phenoxy) is 1. The molecular formula is C17H25Cl2NO2. The van der Waals surface area contributed by atoms with Crippen LogP contribution in [-0.4, -0.2) is 36.9 Å². The lowest BCUT2D eigenvalue weighted by Gasteiger charge is -2.19. The number of rotatable bonds is 9. The zero-order valence-electron chi connectivity index (χ0n) is 13.8. The van der Waals surface area contributed by atoms with Gasteiger partial charge in [0.05, 0.1) is 5.02 Å². The van der Waals surface area contributed by atoms with Crippen molar-refractivity contribution in [1.82, 2.24) is 4.90 Å². The minimum absolute atomic E-state index is 0.0177. The molecule has 1 aromatic carbocycles. The van der Waals surface area contributed by atoms with Crippen molar-refractivity contribution in [3.05, 3.63) is 27.7 Å². The fourth-order valence-electron chi connectivity index (χ4n) is 2.11. The lowest BCUT2D eigenvalue weighted by Crippen LogP contribution is -2.27. The third-order valence-corrected chi connectivity index (χ3v) is 4.80. The lowest BCUT2D eigenvalue weighted by atomic mass is 9.97. The number of hydrogen-bond acceptors (Lipinski definition) is 3. The molecule has 1 atom stereocenters. The highest BCUT2D eigenvalue weighted by atomic mass is 35.5.